The first-order valence-electron chi connectivity index (χ1n) is 4.00. The Hall–Kier alpha value is -1.46. The summed E-state index contributed by atoms with van der Waals surface area (Å²) in [5.41, 5.74) is 0.0193. The Balaban J connectivity index is 3.04. The van der Waals surface area contributed by atoms with Crippen LogP contribution in [0.5, 0.6) is 0 Å². The molecule has 0 spiro atoms. The summed E-state index contributed by atoms with van der Waals surface area (Å²) in [6.45, 7) is 2.93. The Morgan fingerprint density at radius 2 is 2.21 bits per heavy atom. The van der Waals surface area contributed by atoms with Gasteiger partial charge in [0, 0.05) is 5.69 Å². The zero-order valence-corrected chi connectivity index (χ0v) is 7.74. The minimum atomic E-state index is -2.67. The number of aliphatic carboxylic acids is 1. The molecule has 1 N–H and O–H groups in total. The van der Waals surface area contributed by atoms with Gasteiger partial charge in [0.2, 0.25) is 0 Å². The first kappa shape index (κ1) is 10.6. The van der Waals surface area contributed by atoms with E-state index in [4.69, 9.17) is 5.11 Å². The number of rotatable bonds is 3. The number of hydrogen-bond acceptors (Lipinski definition) is 2. The van der Waals surface area contributed by atoms with Gasteiger partial charge in [-0.1, -0.05) is 0 Å². The molecule has 0 aromatic carbocycles. The van der Waals surface area contributed by atoms with Gasteiger partial charge in [-0.05, 0) is 19.9 Å². The fraction of sp³-hybridized carbons (Fsp3) is 0.500. The Bertz CT molecular complexity index is 349. The molecule has 1 aromatic heterocycles. The van der Waals surface area contributed by atoms with Crippen LogP contribution in [-0.2, 0) is 4.79 Å². The average Bonchev–Trinajstić information content (AvgIpc) is 2.46. The normalized spacial score (nSPS) is 13.2. The SMILES string of the molecule is Cc1cc(C(F)F)nn1[C@H](C)C(=O)O. The Kier molecular flexibility index (Phi) is 2.83. The molecule has 0 saturated carbocycles. The highest BCUT2D eigenvalue weighted by Gasteiger charge is 2.20. The zero-order chi connectivity index (χ0) is 10.9. The number of hydrogen-bond donors (Lipinski definition) is 1. The number of halogens is 2. The minimum Gasteiger partial charge on any atom is -0.480 e. The summed E-state index contributed by atoms with van der Waals surface area (Å²) >= 11 is 0. The van der Waals surface area contributed by atoms with Gasteiger partial charge in [0.1, 0.15) is 11.7 Å². The van der Waals surface area contributed by atoms with Gasteiger partial charge in [0.05, 0.1) is 0 Å². The van der Waals surface area contributed by atoms with Gasteiger partial charge in [0.25, 0.3) is 6.43 Å². The van der Waals surface area contributed by atoms with Gasteiger partial charge in [0.15, 0.2) is 0 Å². The standard InChI is InChI=1S/C8H10F2N2O2/c1-4-3-6(7(9)10)11-12(4)5(2)8(13)14/h3,5,7H,1-2H3,(H,13,14)/t5-/m1/s1. The van der Waals surface area contributed by atoms with E-state index in [0.717, 1.165) is 4.68 Å². The summed E-state index contributed by atoms with van der Waals surface area (Å²) in [7, 11) is 0. The van der Waals surface area contributed by atoms with Crippen LogP contribution in [0.25, 0.3) is 0 Å². The van der Waals surface area contributed by atoms with Crippen molar-refractivity contribution in [1.82, 2.24) is 9.78 Å². The molecule has 0 aliphatic heterocycles. The predicted octanol–water partition coefficient (Wildman–Crippen LogP) is 1.77. The van der Waals surface area contributed by atoms with Crippen molar-refractivity contribution in [1.29, 1.82) is 0 Å². The van der Waals surface area contributed by atoms with E-state index in [1.807, 2.05) is 0 Å². The lowest BCUT2D eigenvalue weighted by molar-refractivity contribution is -0.140. The third kappa shape index (κ3) is 1.89. The van der Waals surface area contributed by atoms with Crippen LogP contribution in [0.2, 0.25) is 0 Å². The Morgan fingerprint density at radius 3 is 2.57 bits per heavy atom. The Morgan fingerprint density at radius 1 is 1.64 bits per heavy atom. The van der Waals surface area contributed by atoms with E-state index in [1.54, 1.807) is 6.92 Å². The fourth-order valence-electron chi connectivity index (χ4n) is 1.12. The van der Waals surface area contributed by atoms with Crippen molar-refractivity contribution in [3.8, 4) is 0 Å². The van der Waals surface area contributed by atoms with Crippen molar-refractivity contribution < 1.29 is 18.7 Å². The second-order valence-corrected chi connectivity index (χ2v) is 2.97. The van der Waals surface area contributed by atoms with Crippen LogP contribution in [0.15, 0.2) is 6.07 Å². The molecular formula is C8H10F2N2O2. The molecule has 0 amide bonds. The lowest BCUT2D eigenvalue weighted by Gasteiger charge is -2.08. The van der Waals surface area contributed by atoms with E-state index in [0.29, 0.717) is 5.69 Å². The van der Waals surface area contributed by atoms with Crippen LogP contribution < -0.4 is 0 Å². The second-order valence-electron chi connectivity index (χ2n) is 2.97. The molecule has 78 valence electrons. The van der Waals surface area contributed by atoms with E-state index in [9.17, 15) is 13.6 Å². The molecule has 0 saturated heterocycles. The summed E-state index contributed by atoms with van der Waals surface area (Å²) in [6, 6.07) is 0.256. The molecule has 4 nitrogen and oxygen atoms in total. The van der Waals surface area contributed by atoms with Crippen molar-refractivity contribution in [3.63, 3.8) is 0 Å². The number of alkyl halides is 2. The topological polar surface area (TPSA) is 55.1 Å². The van der Waals surface area contributed by atoms with Gasteiger partial charge >= 0.3 is 5.97 Å². The van der Waals surface area contributed by atoms with Gasteiger partial charge < -0.3 is 5.11 Å². The van der Waals surface area contributed by atoms with E-state index in [-0.39, 0.29) is 0 Å². The molecule has 1 aromatic rings. The third-order valence-corrected chi connectivity index (χ3v) is 1.89. The third-order valence-electron chi connectivity index (χ3n) is 1.89. The van der Waals surface area contributed by atoms with Crippen LogP contribution in [-0.4, -0.2) is 20.9 Å². The van der Waals surface area contributed by atoms with Crippen LogP contribution in [0.3, 0.4) is 0 Å². The van der Waals surface area contributed by atoms with E-state index >= 15 is 0 Å². The van der Waals surface area contributed by atoms with Crippen molar-refractivity contribution in [3.05, 3.63) is 17.5 Å². The van der Waals surface area contributed by atoms with E-state index < -0.39 is 24.1 Å². The maximum absolute atomic E-state index is 12.2. The van der Waals surface area contributed by atoms with E-state index in [2.05, 4.69) is 5.10 Å². The molecule has 0 aliphatic carbocycles. The monoisotopic (exact) mass is 204 g/mol. The van der Waals surface area contributed by atoms with Crippen LogP contribution >= 0.6 is 0 Å². The van der Waals surface area contributed by atoms with Crippen LogP contribution in [0, 0.1) is 6.92 Å². The van der Waals surface area contributed by atoms with Crippen molar-refractivity contribution >= 4 is 5.97 Å². The first-order valence-corrected chi connectivity index (χ1v) is 4.00. The zero-order valence-electron chi connectivity index (χ0n) is 7.74. The Labute approximate surface area is 79.2 Å². The molecule has 1 atom stereocenters. The minimum absolute atomic E-state index is 0.393. The number of aromatic nitrogens is 2. The number of aryl methyl sites for hydroxylation is 1. The number of carboxylic acids is 1. The fourth-order valence-corrected chi connectivity index (χ4v) is 1.12. The number of nitrogens with zero attached hydrogens (tertiary/aromatic N) is 2. The molecule has 0 unspecified atom stereocenters. The predicted molar refractivity (Wildman–Crippen MR) is 44.3 cm³/mol. The van der Waals surface area contributed by atoms with Crippen LogP contribution in [0.4, 0.5) is 8.78 Å². The lowest BCUT2D eigenvalue weighted by atomic mass is 10.3. The number of carboxylic acid groups (broad SMARTS) is 1. The highest BCUT2D eigenvalue weighted by atomic mass is 19.3. The molecule has 0 bridgehead atoms. The molecule has 1 rings (SSSR count). The molecule has 6 heteroatoms. The molecule has 0 radical (unpaired) electrons. The van der Waals surface area contributed by atoms with Crippen molar-refractivity contribution in [2.75, 3.05) is 0 Å². The summed E-state index contributed by atoms with van der Waals surface area (Å²) in [5, 5.41) is 12.2. The first-order chi connectivity index (χ1) is 6.43. The molecule has 0 fully saturated rings. The van der Waals surface area contributed by atoms with Crippen LogP contribution in [0.1, 0.15) is 30.8 Å². The lowest BCUT2D eigenvalue weighted by Crippen LogP contribution is -2.18. The van der Waals surface area contributed by atoms with Crippen molar-refractivity contribution in [2.24, 2.45) is 0 Å². The van der Waals surface area contributed by atoms with Gasteiger partial charge in [-0.25, -0.2) is 13.6 Å². The highest BCUT2D eigenvalue weighted by molar-refractivity contribution is 5.71. The molecule has 14 heavy (non-hydrogen) atoms. The largest absolute Gasteiger partial charge is 0.480 e. The summed E-state index contributed by atoms with van der Waals surface area (Å²) in [4.78, 5) is 10.6. The quantitative estimate of drug-likeness (QED) is 0.816. The summed E-state index contributed by atoms with van der Waals surface area (Å²) in [6.07, 6.45) is -2.67. The maximum atomic E-state index is 12.2. The maximum Gasteiger partial charge on any atom is 0.328 e. The smallest absolute Gasteiger partial charge is 0.328 e. The molecule has 1 heterocycles. The van der Waals surface area contributed by atoms with Gasteiger partial charge in [-0.2, -0.15) is 5.10 Å². The van der Waals surface area contributed by atoms with Gasteiger partial charge in [-0.15, -0.1) is 0 Å². The average molecular weight is 204 g/mol. The highest BCUT2D eigenvalue weighted by Crippen LogP contribution is 2.20. The number of carbonyl (C=O) groups is 1. The van der Waals surface area contributed by atoms with Crippen molar-refractivity contribution in [2.45, 2.75) is 26.3 Å². The summed E-state index contributed by atoms with van der Waals surface area (Å²) < 4.78 is 25.5. The molecular weight excluding hydrogens is 194 g/mol. The summed E-state index contributed by atoms with van der Waals surface area (Å²) in [5.74, 6) is -1.10. The van der Waals surface area contributed by atoms with Gasteiger partial charge in [-0.3, -0.25) is 4.68 Å². The van der Waals surface area contributed by atoms with E-state index in [1.165, 1.54) is 13.0 Å². The second kappa shape index (κ2) is 3.73. The molecule has 0 aliphatic rings.